The number of likely N-dealkylation sites (tertiary alicyclic amines) is 1. The first-order valence-electron chi connectivity index (χ1n) is 17.7. The summed E-state index contributed by atoms with van der Waals surface area (Å²) >= 11 is 0. The van der Waals surface area contributed by atoms with Crippen LogP contribution in [0.15, 0.2) is 29.5 Å². The van der Waals surface area contributed by atoms with Crippen molar-refractivity contribution in [2.24, 2.45) is 17.6 Å². The Bertz CT molecular complexity index is 1760. The first kappa shape index (κ1) is 39.5. The van der Waals surface area contributed by atoms with Gasteiger partial charge < -0.3 is 25.7 Å². The topological polar surface area (TPSA) is 229 Å². The van der Waals surface area contributed by atoms with Crippen molar-refractivity contribution >= 4 is 45.0 Å². The van der Waals surface area contributed by atoms with Gasteiger partial charge >= 0.3 is 11.8 Å². The Kier molecular flexibility index (Phi) is 13.0. The number of nitrogens with zero attached hydrogens (tertiary/aromatic N) is 4. The number of sulfonamides is 1. The number of carbonyl (C=O) groups is 4. The maximum Gasteiger partial charge on any atom is 0.408 e. The summed E-state index contributed by atoms with van der Waals surface area (Å²) in [7, 11) is -3.50. The number of aromatic nitrogens is 4. The second-order valence-corrected chi connectivity index (χ2v) is 16.7. The van der Waals surface area contributed by atoms with E-state index in [-0.39, 0.29) is 29.5 Å². The molecule has 3 aliphatic rings. The van der Waals surface area contributed by atoms with Gasteiger partial charge in [-0.05, 0) is 91.9 Å². The number of carbonyl (C=O) groups excluding carboxylic acids is 4. The van der Waals surface area contributed by atoms with E-state index in [1.807, 2.05) is 26.0 Å². The molecule has 3 heterocycles. The molecule has 16 nitrogen and oxygen atoms in total. The first-order chi connectivity index (χ1) is 24.0. The molecule has 17 heteroatoms. The summed E-state index contributed by atoms with van der Waals surface area (Å²) in [6.07, 6.45) is 13.0. The Labute approximate surface area is 298 Å². The average Bonchev–Trinajstić information content (AvgIpc) is 3.95. The minimum atomic E-state index is -3.50. The Balaban J connectivity index is 0.000000372. The van der Waals surface area contributed by atoms with E-state index in [4.69, 9.17) is 10.5 Å². The van der Waals surface area contributed by atoms with Crippen LogP contribution in [0.3, 0.4) is 0 Å². The molecule has 51 heavy (non-hydrogen) atoms. The van der Waals surface area contributed by atoms with E-state index in [0.29, 0.717) is 62.7 Å². The van der Waals surface area contributed by atoms with E-state index in [9.17, 15) is 32.4 Å². The molecule has 3 unspecified atom stereocenters. The van der Waals surface area contributed by atoms with E-state index in [1.165, 1.54) is 11.2 Å². The van der Waals surface area contributed by atoms with Crippen LogP contribution in [-0.2, 0) is 29.1 Å². The molecule has 2 aromatic heterocycles. The minimum absolute atomic E-state index is 0.0723. The van der Waals surface area contributed by atoms with E-state index in [0.717, 1.165) is 19.3 Å². The fraction of sp³-hybridized carbons (Fsp3) is 0.676. The minimum Gasteiger partial charge on any atom is -0.444 e. The molecule has 0 bridgehead atoms. The predicted molar refractivity (Wildman–Crippen MR) is 190 cm³/mol. The maximum atomic E-state index is 13.2. The summed E-state index contributed by atoms with van der Waals surface area (Å²) in [5.41, 5.74) is 5.97. The maximum absolute atomic E-state index is 13.2. The lowest BCUT2D eigenvalue weighted by Crippen LogP contribution is -2.53. The van der Waals surface area contributed by atoms with Gasteiger partial charge in [-0.3, -0.25) is 23.7 Å². The lowest BCUT2D eigenvalue weighted by molar-refractivity contribution is -0.139. The summed E-state index contributed by atoms with van der Waals surface area (Å²) in [6.45, 7) is 9.54. The van der Waals surface area contributed by atoms with E-state index in [1.54, 1.807) is 31.5 Å². The van der Waals surface area contributed by atoms with Gasteiger partial charge in [0.15, 0.2) is 5.65 Å². The largest absolute Gasteiger partial charge is 0.444 e. The SMILES string of the molecule is CC(C)(C)OC(=O)N[C@@H](CCCCC/C=C\C1CC1C(=O)NS(=O)(=O)C1CC1)C(=O)N1CCCC1C(N)=O.CC(C)n1c(=O)[nH]c2cncnc21. The number of fused-ring (bicyclic) bond motifs is 1. The molecule has 5 N–H and O–H groups in total. The number of imidazole rings is 1. The van der Waals surface area contributed by atoms with Gasteiger partial charge in [0.2, 0.25) is 27.7 Å². The molecule has 2 saturated carbocycles. The first-order valence-corrected chi connectivity index (χ1v) is 19.2. The summed E-state index contributed by atoms with van der Waals surface area (Å²) in [4.78, 5) is 72.9. The van der Waals surface area contributed by atoms with Crippen LogP contribution in [0.1, 0.15) is 105 Å². The number of unbranched alkanes of at least 4 members (excludes halogenated alkanes) is 3. The molecular weight excluding hydrogens is 680 g/mol. The second-order valence-electron chi connectivity index (χ2n) is 14.7. The lowest BCUT2D eigenvalue weighted by atomic mass is 10.0. The number of nitrogens with two attached hydrogens (primary N) is 1. The molecule has 0 radical (unpaired) electrons. The summed E-state index contributed by atoms with van der Waals surface area (Å²) < 4.78 is 33.0. The normalized spacial score (nSPS) is 20.9. The van der Waals surface area contributed by atoms with Gasteiger partial charge in [-0.1, -0.05) is 25.0 Å². The van der Waals surface area contributed by atoms with Crippen LogP contribution in [0.2, 0.25) is 0 Å². The van der Waals surface area contributed by atoms with Crippen molar-refractivity contribution in [2.45, 2.75) is 128 Å². The van der Waals surface area contributed by atoms with Gasteiger partial charge in [-0.2, -0.15) is 0 Å². The quantitative estimate of drug-likeness (QED) is 0.164. The summed E-state index contributed by atoms with van der Waals surface area (Å²) in [5, 5.41) is 2.27. The molecule has 5 rings (SSSR count). The predicted octanol–water partition coefficient (Wildman–Crippen LogP) is 2.81. The third kappa shape index (κ3) is 11.4. The molecule has 0 aromatic carbocycles. The molecule has 282 valence electrons. The number of H-pyrrole nitrogens is 1. The number of alkyl carbamates (subject to hydrolysis) is 1. The lowest BCUT2D eigenvalue weighted by Gasteiger charge is -2.28. The van der Waals surface area contributed by atoms with Crippen molar-refractivity contribution in [1.82, 2.24) is 34.5 Å². The van der Waals surface area contributed by atoms with Crippen molar-refractivity contribution in [1.29, 1.82) is 0 Å². The standard InChI is InChI=1S/C26H42N4O7S.C8H10N4O/c1-26(2,3)37-25(34)28-20(24(33)30-15-9-12-21(30)22(27)31)11-8-6-4-5-7-10-17-16-19(17)23(32)29-38(35,36)18-13-14-18;1-5(2)12-7-6(11-8(12)13)3-9-4-10-7/h7,10,17-21H,4-6,8-9,11-16H2,1-3H3,(H2,27,31)(H,28,34)(H,29,32);3-5H,1-2H3,(H,11,13)/b10-7-;/t17?,19?,20-,21?;/m0./s1. The van der Waals surface area contributed by atoms with Crippen LogP contribution < -0.4 is 21.5 Å². The van der Waals surface area contributed by atoms with E-state index >= 15 is 0 Å². The van der Waals surface area contributed by atoms with Crippen LogP contribution in [-0.4, -0.2) is 86.1 Å². The molecule has 3 fully saturated rings. The fourth-order valence-corrected chi connectivity index (χ4v) is 7.41. The Morgan fingerprint density at radius 1 is 1.14 bits per heavy atom. The third-order valence-corrected chi connectivity index (χ3v) is 10.7. The molecule has 4 atom stereocenters. The number of aromatic amines is 1. The van der Waals surface area contributed by atoms with Crippen LogP contribution in [0, 0.1) is 11.8 Å². The Hall–Kier alpha value is -4.28. The highest BCUT2D eigenvalue weighted by atomic mass is 32.2. The van der Waals surface area contributed by atoms with Gasteiger partial charge in [-0.15, -0.1) is 0 Å². The number of ether oxygens (including phenoxy) is 1. The van der Waals surface area contributed by atoms with E-state index in [2.05, 4.69) is 25.0 Å². The van der Waals surface area contributed by atoms with Gasteiger partial charge in [0.05, 0.1) is 11.4 Å². The van der Waals surface area contributed by atoms with Crippen molar-refractivity contribution in [3.05, 3.63) is 35.2 Å². The van der Waals surface area contributed by atoms with Crippen molar-refractivity contribution in [3.8, 4) is 0 Å². The third-order valence-electron chi connectivity index (χ3n) is 8.88. The highest BCUT2D eigenvalue weighted by molar-refractivity contribution is 7.90. The summed E-state index contributed by atoms with van der Waals surface area (Å²) in [6, 6.07) is -1.35. The average molecular weight is 733 g/mol. The fourth-order valence-electron chi connectivity index (χ4n) is 6.05. The number of allylic oxidation sites excluding steroid dienone is 2. The monoisotopic (exact) mass is 732 g/mol. The van der Waals surface area contributed by atoms with Crippen molar-refractivity contribution in [3.63, 3.8) is 0 Å². The number of primary amides is 1. The van der Waals surface area contributed by atoms with E-state index < -0.39 is 50.9 Å². The van der Waals surface area contributed by atoms with Crippen molar-refractivity contribution < 1.29 is 32.3 Å². The van der Waals surface area contributed by atoms with Gasteiger partial charge in [0.25, 0.3) is 0 Å². The van der Waals surface area contributed by atoms with Crippen molar-refractivity contribution in [2.75, 3.05) is 6.54 Å². The number of nitrogens with one attached hydrogen (secondary N) is 3. The number of hydrogen-bond acceptors (Lipinski definition) is 10. The van der Waals surface area contributed by atoms with Gasteiger partial charge in [0, 0.05) is 18.5 Å². The Morgan fingerprint density at radius 3 is 2.51 bits per heavy atom. The van der Waals surface area contributed by atoms with Gasteiger partial charge in [-0.25, -0.2) is 28.0 Å². The molecule has 2 aromatic rings. The molecule has 0 spiro atoms. The zero-order valence-electron chi connectivity index (χ0n) is 30.1. The smallest absolute Gasteiger partial charge is 0.408 e. The molecule has 4 amide bonds. The second kappa shape index (κ2) is 16.8. The highest BCUT2D eigenvalue weighted by Gasteiger charge is 2.45. The number of amides is 4. The number of hydrogen-bond donors (Lipinski definition) is 4. The zero-order chi connectivity index (χ0) is 37.5. The zero-order valence-corrected chi connectivity index (χ0v) is 30.9. The van der Waals surface area contributed by atoms with Gasteiger partial charge in [0.1, 0.15) is 29.5 Å². The molecule has 2 aliphatic carbocycles. The number of rotatable bonds is 14. The summed E-state index contributed by atoms with van der Waals surface area (Å²) in [5.74, 6) is -1.47. The van der Waals surface area contributed by atoms with Crippen LogP contribution >= 0.6 is 0 Å². The van der Waals surface area contributed by atoms with Crippen LogP contribution in [0.4, 0.5) is 4.79 Å². The molecule has 1 saturated heterocycles. The molecule has 1 aliphatic heterocycles. The molecular formula is C34H52N8O8S. The highest BCUT2D eigenvalue weighted by Crippen LogP contribution is 2.40. The Morgan fingerprint density at radius 2 is 1.86 bits per heavy atom. The van der Waals surface area contributed by atoms with Crippen LogP contribution in [0.25, 0.3) is 11.2 Å². The van der Waals surface area contributed by atoms with Crippen LogP contribution in [0.5, 0.6) is 0 Å².